The van der Waals surface area contributed by atoms with Crippen LogP contribution in [0.25, 0.3) is 0 Å². The molecule has 1 aromatic carbocycles. The van der Waals surface area contributed by atoms with Crippen molar-refractivity contribution in [3.8, 4) is 5.75 Å². The maximum Gasteiger partial charge on any atom is 0.129 e. The van der Waals surface area contributed by atoms with Crippen molar-refractivity contribution in [3.05, 3.63) is 52.0 Å². The monoisotopic (exact) mass is 265 g/mol. The molecule has 0 saturated carbocycles. The first kappa shape index (κ1) is 13.1. The highest BCUT2D eigenvalue weighted by Crippen LogP contribution is 2.32. The van der Waals surface area contributed by atoms with Gasteiger partial charge in [-0.15, -0.1) is 11.3 Å². The number of nitrogens with one attached hydrogen (secondary N) is 1. The van der Waals surface area contributed by atoms with E-state index in [1.807, 2.05) is 30.5 Å². The molecule has 1 N–H and O–H groups in total. The normalized spacial score (nSPS) is 12.4. The van der Waals surface area contributed by atoms with Crippen LogP contribution in [0.4, 0.5) is 4.39 Å². The smallest absolute Gasteiger partial charge is 0.129 e. The van der Waals surface area contributed by atoms with Gasteiger partial charge >= 0.3 is 0 Å². The van der Waals surface area contributed by atoms with Crippen molar-refractivity contribution >= 4 is 11.3 Å². The fourth-order valence-corrected chi connectivity index (χ4v) is 2.82. The molecule has 1 unspecified atom stereocenters. The molecule has 2 rings (SSSR count). The van der Waals surface area contributed by atoms with Crippen LogP contribution in [-0.4, -0.2) is 13.7 Å². The molecule has 0 radical (unpaired) electrons. The van der Waals surface area contributed by atoms with Crippen LogP contribution >= 0.6 is 11.3 Å². The zero-order valence-electron chi connectivity index (χ0n) is 10.4. The summed E-state index contributed by atoms with van der Waals surface area (Å²) in [5.74, 6) is 0.630. The Labute approximate surface area is 110 Å². The Morgan fingerprint density at radius 2 is 2.17 bits per heavy atom. The minimum absolute atomic E-state index is 0.120. The largest absolute Gasteiger partial charge is 0.496 e. The lowest BCUT2D eigenvalue weighted by atomic mass is 10.0. The van der Waals surface area contributed by atoms with Gasteiger partial charge in [-0.2, -0.15) is 0 Å². The van der Waals surface area contributed by atoms with Crippen molar-refractivity contribution < 1.29 is 9.13 Å². The number of benzene rings is 1. The summed E-state index contributed by atoms with van der Waals surface area (Å²) in [6, 6.07) is 8.69. The molecular formula is C14H16FNOS. The summed E-state index contributed by atoms with van der Waals surface area (Å²) in [7, 11) is 1.64. The average molecular weight is 265 g/mol. The van der Waals surface area contributed by atoms with Gasteiger partial charge in [0.1, 0.15) is 11.6 Å². The van der Waals surface area contributed by atoms with E-state index in [0.29, 0.717) is 5.56 Å². The molecule has 0 fully saturated rings. The van der Waals surface area contributed by atoms with Crippen molar-refractivity contribution in [3.63, 3.8) is 0 Å². The first-order valence-electron chi connectivity index (χ1n) is 5.86. The second kappa shape index (κ2) is 5.98. The lowest BCUT2D eigenvalue weighted by molar-refractivity contribution is 0.416. The van der Waals surface area contributed by atoms with Gasteiger partial charge < -0.3 is 10.1 Å². The van der Waals surface area contributed by atoms with Crippen molar-refractivity contribution in [2.75, 3.05) is 13.7 Å². The number of rotatable bonds is 5. The summed E-state index contributed by atoms with van der Waals surface area (Å²) < 4.78 is 19.0. The maximum atomic E-state index is 13.9. The van der Waals surface area contributed by atoms with E-state index in [0.717, 1.165) is 17.2 Å². The highest BCUT2D eigenvalue weighted by molar-refractivity contribution is 7.10. The Morgan fingerprint density at radius 1 is 1.39 bits per heavy atom. The van der Waals surface area contributed by atoms with E-state index in [1.165, 1.54) is 6.07 Å². The third-order valence-electron chi connectivity index (χ3n) is 2.74. The minimum Gasteiger partial charge on any atom is -0.496 e. The molecule has 2 aromatic rings. The summed E-state index contributed by atoms with van der Waals surface area (Å²) in [5, 5.41) is 5.24. The molecule has 96 valence electrons. The standard InChI is InChI=1S/C14H16FNOS/c1-3-16-14(11-6-4-5-7-12(11)15)13-8-10(17-2)9-18-13/h4-9,14,16H,3H2,1-2H3. The van der Waals surface area contributed by atoms with E-state index >= 15 is 0 Å². The number of halogens is 1. The molecule has 18 heavy (non-hydrogen) atoms. The van der Waals surface area contributed by atoms with Gasteiger partial charge in [0.2, 0.25) is 0 Å². The number of methoxy groups -OCH3 is 1. The van der Waals surface area contributed by atoms with E-state index in [4.69, 9.17) is 4.74 Å². The van der Waals surface area contributed by atoms with E-state index < -0.39 is 0 Å². The van der Waals surface area contributed by atoms with Crippen LogP contribution in [-0.2, 0) is 0 Å². The molecule has 0 spiro atoms. The zero-order valence-corrected chi connectivity index (χ0v) is 11.3. The van der Waals surface area contributed by atoms with Crippen LogP contribution in [0.2, 0.25) is 0 Å². The van der Waals surface area contributed by atoms with Gasteiger partial charge in [0.15, 0.2) is 0 Å². The van der Waals surface area contributed by atoms with Gasteiger partial charge in [-0.05, 0) is 18.7 Å². The Kier molecular flexibility index (Phi) is 4.33. The quantitative estimate of drug-likeness (QED) is 0.892. The fourth-order valence-electron chi connectivity index (χ4n) is 1.87. The van der Waals surface area contributed by atoms with E-state index in [-0.39, 0.29) is 11.9 Å². The van der Waals surface area contributed by atoms with Crippen molar-refractivity contribution in [2.24, 2.45) is 0 Å². The summed E-state index contributed by atoms with van der Waals surface area (Å²) >= 11 is 1.57. The summed E-state index contributed by atoms with van der Waals surface area (Å²) in [4.78, 5) is 1.05. The van der Waals surface area contributed by atoms with E-state index in [1.54, 1.807) is 24.5 Å². The van der Waals surface area contributed by atoms with Crippen LogP contribution in [0.3, 0.4) is 0 Å². The van der Waals surface area contributed by atoms with Crippen molar-refractivity contribution in [1.29, 1.82) is 0 Å². The summed E-state index contributed by atoms with van der Waals surface area (Å²) in [5.41, 5.74) is 0.670. The summed E-state index contributed by atoms with van der Waals surface area (Å²) in [6.45, 7) is 2.79. The van der Waals surface area contributed by atoms with Crippen LogP contribution in [0, 0.1) is 5.82 Å². The molecule has 0 amide bonds. The Hall–Kier alpha value is -1.39. The Bertz CT molecular complexity index is 512. The number of ether oxygens (including phenoxy) is 1. The first-order valence-corrected chi connectivity index (χ1v) is 6.74. The van der Waals surface area contributed by atoms with Crippen molar-refractivity contribution in [1.82, 2.24) is 5.32 Å². The lowest BCUT2D eigenvalue weighted by Crippen LogP contribution is -2.22. The third-order valence-corrected chi connectivity index (χ3v) is 3.72. The summed E-state index contributed by atoms with van der Waals surface area (Å²) in [6.07, 6.45) is 0. The number of hydrogen-bond donors (Lipinski definition) is 1. The molecule has 0 aliphatic carbocycles. The third kappa shape index (κ3) is 2.71. The highest BCUT2D eigenvalue weighted by Gasteiger charge is 2.18. The van der Waals surface area contributed by atoms with Gasteiger partial charge in [0.05, 0.1) is 13.2 Å². The maximum absolute atomic E-state index is 13.9. The van der Waals surface area contributed by atoms with Gasteiger partial charge in [-0.3, -0.25) is 0 Å². The SMILES string of the molecule is CCNC(c1cc(OC)cs1)c1ccccc1F. The van der Waals surface area contributed by atoms with Gasteiger partial charge in [-0.25, -0.2) is 4.39 Å². The minimum atomic E-state index is -0.184. The first-order chi connectivity index (χ1) is 8.76. The molecular weight excluding hydrogens is 249 g/mol. The van der Waals surface area contributed by atoms with Crippen molar-refractivity contribution in [2.45, 2.75) is 13.0 Å². The van der Waals surface area contributed by atoms with Crippen LogP contribution in [0.5, 0.6) is 5.75 Å². The molecule has 0 aliphatic rings. The highest BCUT2D eigenvalue weighted by atomic mass is 32.1. The van der Waals surface area contributed by atoms with Gasteiger partial charge in [-0.1, -0.05) is 25.1 Å². The zero-order chi connectivity index (χ0) is 13.0. The average Bonchev–Trinajstić information content (AvgIpc) is 2.85. The molecule has 1 heterocycles. The van der Waals surface area contributed by atoms with E-state index in [9.17, 15) is 4.39 Å². The van der Waals surface area contributed by atoms with Gasteiger partial charge in [0.25, 0.3) is 0 Å². The second-order valence-electron chi connectivity index (χ2n) is 3.90. The topological polar surface area (TPSA) is 21.3 Å². The lowest BCUT2D eigenvalue weighted by Gasteiger charge is -2.17. The molecule has 0 aliphatic heterocycles. The second-order valence-corrected chi connectivity index (χ2v) is 4.84. The van der Waals surface area contributed by atoms with E-state index in [2.05, 4.69) is 5.32 Å². The molecule has 1 atom stereocenters. The Morgan fingerprint density at radius 3 is 2.78 bits per heavy atom. The molecule has 0 saturated heterocycles. The predicted molar refractivity (Wildman–Crippen MR) is 72.8 cm³/mol. The fraction of sp³-hybridized carbons (Fsp3) is 0.286. The van der Waals surface area contributed by atoms with Crippen LogP contribution < -0.4 is 10.1 Å². The Balaban J connectivity index is 2.36. The van der Waals surface area contributed by atoms with Crippen LogP contribution in [0.1, 0.15) is 23.4 Å². The number of hydrogen-bond acceptors (Lipinski definition) is 3. The molecule has 4 heteroatoms. The molecule has 0 bridgehead atoms. The molecule has 1 aromatic heterocycles. The predicted octanol–water partition coefficient (Wildman–Crippen LogP) is 3.59. The van der Waals surface area contributed by atoms with Crippen LogP contribution in [0.15, 0.2) is 35.7 Å². The number of thiophene rings is 1. The molecule has 2 nitrogen and oxygen atoms in total. The van der Waals surface area contributed by atoms with Gasteiger partial charge in [0, 0.05) is 15.8 Å².